The van der Waals surface area contributed by atoms with E-state index in [-0.39, 0.29) is 11.9 Å². The molecule has 5 nitrogen and oxygen atoms in total. The Hall–Kier alpha value is -1.47. The van der Waals surface area contributed by atoms with Crippen molar-refractivity contribution in [3.8, 4) is 0 Å². The Morgan fingerprint density at radius 1 is 1.47 bits per heavy atom. The number of nitrogens with zero attached hydrogens (tertiary/aromatic N) is 4. The zero-order chi connectivity index (χ0) is 13.7. The highest BCUT2D eigenvalue weighted by atomic mass is 32.2. The van der Waals surface area contributed by atoms with Crippen LogP contribution < -0.4 is 5.32 Å². The first-order valence-corrected chi connectivity index (χ1v) is 6.94. The summed E-state index contributed by atoms with van der Waals surface area (Å²) in [6.45, 7) is 0. The van der Waals surface area contributed by atoms with E-state index in [0.717, 1.165) is 10.6 Å². The molecular formula is C12H16FN5S. The summed E-state index contributed by atoms with van der Waals surface area (Å²) in [6, 6.07) is 6.83. The molecule has 2 aromatic rings. The van der Waals surface area contributed by atoms with Crippen LogP contribution in [0.2, 0.25) is 0 Å². The summed E-state index contributed by atoms with van der Waals surface area (Å²) in [6.07, 6.45) is 0.701. The second-order valence-electron chi connectivity index (χ2n) is 4.15. The van der Waals surface area contributed by atoms with Crippen LogP contribution >= 0.6 is 11.8 Å². The van der Waals surface area contributed by atoms with Gasteiger partial charge in [-0.15, -0.1) is 22.0 Å². The number of hydrogen-bond donors (Lipinski definition) is 1. The lowest BCUT2D eigenvalue weighted by atomic mass is 10.2. The van der Waals surface area contributed by atoms with E-state index in [2.05, 4.69) is 20.7 Å². The normalized spacial score (nSPS) is 12.6. The van der Waals surface area contributed by atoms with Gasteiger partial charge in [-0.1, -0.05) is 6.07 Å². The molecule has 1 N–H and O–H groups in total. The Morgan fingerprint density at radius 2 is 2.32 bits per heavy atom. The maximum atomic E-state index is 13.1. The van der Waals surface area contributed by atoms with Crippen LogP contribution in [-0.4, -0.2) is 39.0 Å². The minimum atomic E-state index is -0.207. The van der Waals surface area contributed by atoms with Gasteiger partial charge < -0.3 is 5.32 Å². The summed E-state index contributed by atoms with van der Waals surface area (Å²) in [4.78, 5) is 2.37. The van der Waals surface area contributed by atoms with Gasteiger partial charge in [-0.2, -0.15) is 4.80 Å². The number of aryl methyl sites for hydroxylation is 1. The van der Waals surface area contributed by atoms with Gasteiger partial charge in [0.1, 0.15) is 5.82 Å². The van der Waals surface area contributed by atoms with E-state index in [4.69, 9.17) is 0 Å². The number of aromatic nitrogens is 4. The molecule has 0 spiro atoms. The third kappa shape index (κ3) is 4.29. The molecule has 0 saturated heterocycles. The molecule has 19 heavy (non-hydrogen) atoms. The number of thioether (sulfide) groups is 1. The molecule has 0 bridgehead atoms. The van der Waals surface area contributed by atoms with Crippen LogP contribution in [0.1, 0.15) is 5.82 Å². The van der Waals surface area contributed by atoms with Gasteiger partial charge in [-0.05, 0) is 30.5 Å². The van der Waals surface area contributed by atoms with Gasteiger partial charge in [-0.25, -0.2) is 4.39 Å². The first-order valence-electron chi connectivity index (χ1n) is 5.96. The van der Waals surface area contributed by atoms with Crippen molar-refractivity contribution in [3.05, 3.63) is 35.9 Å². The minimum Gasteiger partial charge on any atom is -0.316 e. The number of tetrazole rings is 1. The Kier molecular flexibility index (Phi) is 4.86. The second kappa shape index (κ2) is 6.63. The monoisotopic (exact) mass is 281 g/mol. The minimum absolute atomic E-state index is 0.207. The van der Waals surface area contributed by atoms with Crippen molar-refractivity contribution in [2.75, 3.05) is 12.8 Å². The van der Waals surface area contributed by atoms with Crippen LogP contribution in [0.5, 0.6) is 0 Å². The van der Waals surface area contributed by atoms with E-state index in [1.807, 2.05) is 13.1 Å². The summed E-state index contributed by atoms with van der Waals surface area (Å²) < 4.78 is 13.1. The highest BCUT2D eigenvalue weighted by Crippen LogP contribution is 2.20. The maximum absolute atomic E-state index is 13.1. The molecule has 0 aliphatic carbocycles. The van der Waals surface area contributed by atoms with Crippen molar-refractivity contribution in [2.24, 2.45) is 7.05 Å². The predicted octanol–water partition coefficient (Wildman–Crippen LogP) is 1.27. The number of hydrogen-bond acceptors (Lipinski definition) is 5. The van der Waals surface area contributed by atoms with Crippen LogP contribution in [0.3, 0.4) is 0 Å². The third-order valence-corrected chi connectivity index (χ3v) is 3.79. The van der Waals surface area contributed by atoms with E-state index < -0.39 is 0 Å². The number of likely N-dealkylation sites (N-methyl/N-ethyl adjacent to an activating group) is 1. The van der Waals surface area contributed by atoms with E-state index in [0.29, 0.717) is 12.2 Å². The summed E-state index contributed by atoms with van der Waals surface area (Å²) in [5.41, 5.74) is 0. The molecule has 0 aliphatic heterocycles. The topological polar surface area (TPSA) is 55.6 Å². The van der Waals surface area contributed by atoms with E-state index >= 15 is 0 Å². The summed E-state index contributed by atoms with van der Waals surface area (Å²) in [5.74, 6) is 1.32. The van der Waals surface area contributed by atoms with Crippen molar-refractivity contribution in [2.45, 2.75) is 17.4 Å². The molecule has 0 aliphatic rings. The molecule has 1 heterocycles. The summed E-state index contributed by atoms with van der Waals surface area (Å²) in [7, 11) is 3.64. The van der Waals surface area contributed by atoms with Crippen LogP contribution in [0.4, 0.5) is 4.39 Å². The molecule has 0 amide bonds. The first kappa shape index (κ1) is 14.0. The zero-order valence-electron chi connectivity index (χ0n) is 10.9. The fourth-order valence-electron chi connectivity index (χ4n) is 1.62. The summed E-state index contributed by atoms with van der Waals surface area (Å²) >= 11 is 1.61. The molecule has 0 radical (unpaired) electrons. The molecule has 0 fully saturated rings. The number of nitrogens with one attached hydrogen (secondary N) is 1. The molecule has 0 saturated carbocycles. The smallest absolute Gasteiger partial charge is 0.176 e. The molecule has 2 rings (SSSR count). The van der Waals surface area contributed by atoms with Crippen molar-refractivity contribution < 1.29 is 4.39 Å². The largest absolute Gasteiger partial charge is 0.316 e. The van der Waals surface area contributed by atoms with Crippen LogP contribution in [-0.2, 0) is 13.5 Å². The van der Waals surface area contributed by atoms with Gasteiger partial charge in [-0.3, -0.25) is 0 Å². The molecule has 102 valence electrons. The van der Waals surface area contributed by atoms with Crippen molar-refractivity contribution in [1.29, 1.82) is 0 Å². The number of rotatable bonds is 6. The predicted molar refractivity (Wildman–Crippen MR) is 72.5 cm³/mol. The van der Waals surface area contributed by atoms with Crippen LogP contribution in [0.25, 0.3) is 0 Å². The Labute approximate surface area is 115 Å². The third-order valence-electron chi connectivity index (χ3n) is 2.63. The van der Waals surface area contributed by atoms with Gasteiger partial charge in [0.25, 0.3) is 0 Å². The average molecular weight is 281 g/mol. The van der Waals surface area contributed by atoms with E-state index in [9.17, 15) is 4.39 Å². The van der Waals surface area contributed by atoms with Gasteiger partial charge in [0.15, 0.2) is 5.82 Å². The van der Waals surface area contributed by atoms with Crippen LogP contribution in [0, 0.1) is 5.82 Å². The van der Waals surface area contributed by atoms with Crippen molar-refractivity contribution >= 4 is 11.8 Å². The Balaban J connectivity index is 1.89. The summed E-state index contributed by atoms with van der Waals surface area (Å²) in [5, 5.41) is 15.1. The fourth-order valence-corrected chi connectivity index (χ4v) is 2.67. The Bertz CT molecular complexity index is 530. The van der Waals surface area contributed by atoms with Gasteiger partial charge in [0.05, 0.1) is 7.05 Å². The standard InChI is InChI=1S/C12H16FN5S/c1-14-10(7-12-15-17-18(2)16-12)8-19-11-5-3-4-9(13)6-11/h3-6,10,14H,7-8H2,1-2H3. The molecule has 7 heteroatoms. The van der Waals surface area contributed by atoms with Crippen molar-refractivity contribution in [1.82, 2.24) is 25.5 Å². The molecule has 1 aromatic carbocycles. The SMILES string of the molecule is CNC(CSc1cccc(F)c1)Cc1nnn(C)n1. The van der Waals surface area contributed by atoms with Gasteiger partial charge >= 0.3 is 0 Å². The second-order valence-corrected chi connectivity index (χ2v) is 5.25. The quantitative estimate of drug-likeness (QED) is 0.808. The molecule has 1 unspecified atom stereocenters. The number of halogens is 1. The fraction of sp³-hybridized carbons (Fsp3) is 0.417. The Morgan fingerprint density at radius 3 is 2.95 bits per heavy atom. The highest BCUT2D eigenvalue weighted by Gasteiger charge is 2.11. The first-order chi connectivity index (χ1) is 9.17. The lowest BCUT2D eigenvalue weighted by molar-refractivity contribution is 0.591. The van der Waals surface area contributed by atoms with E-state index in [1.165, 1.54) is 16.9 Å². The molecule has 1 aromatic heterocycles. The number of benzene rings is 1. The van der Waals surface area contributed by atoms with E-state index in [1.54, 1.807) is 24.9 Å². The van der Waals surface area contributed by atoms with Gasteiger partial charge in [0, 0.05) is 23.1 Å². The van der Waals surface area contributed by atoms with Crippen LogP contribution in [0.15, 0.2) is 29.2 Å². The lowest BCUT2D eigenvalue weighted by Gasteiger charge is -2.13. The zero-order valence-corrected chi connectivity index (χ0v) is 11.7. The van der Waals surface area contributed by atoms with Gasteiger partial charge in [0.2, 0.25) is 0 Å². The average Bonchev–Trinajstić information content (AvgIpc) is 2.80. The van der Waals surface area contributed by atoms with Crippen molar-refractivity contribution in [3.63, 3.8) is 0 Å². The maximum Gasteiger partial charge on any atom is 0.176 e. The molecule has 1 atom stereocenters. The highest BCUT2D eigenvalue weighted by molar-refractivity contribution is 7.99. The molecular weight excluding hydrogens is 265 g/mol. The lowest BCUT2D eigenvalue weighted by Crippen LogP contribution is -2.30.